The van der Waals surface area contributed by atoms with Gasteiger partial charge in [0.2, 0.25) is 0 Å². The number of hydrogen-bond donors (Lipinski definition) is 0. The first-order valence-electron chi connectivity index (χ1n) is 0. The van der Waals surface area contributed by atoms with Crippen LogP contribution in [0.2, 0.25) is 0 Å². The predicted molar refractivity (Wildman–Crippen MR) is 20.0 cm³/mol. The predicted octanol–water partition coefficient (Wildman–Crippen LogP) is -0.574. The summed E-state index contributed by atoms with van der Waals surface area (Å²) in [4.78, 5) is 0. The maximum atomic E-state index is 0. The van der Waals surface area contributed by atoms with Crippen LogP contribution in [-0.2, 0) is 0 Å². The molecule has 0 aliphatic carbocycles. The Hall–Kier alpha value is 0.603. The van der Waals surface area contributed by atoms with E-state index in [1.165, 1.54) is 0 Å². The van der Waals surface area contributed by atoms with Crippen LogP contribution < -0.4 is 0 Å². The van der Waals surface area contributed by atoms with E-state index in [1.807, 2.05) is 0 Å². The molecule has 0 heterocycles. The minimum absolute atomic E-state index is 0. The summed E-state index contributed by atoms with van der Waals surface area (Å²) in [7, 11) is 0. The Morgan fingerprint density at radius 2 is 0.400 bits per heavy atom. The molecule has 0 N–H and O–H groups in total. The Balaban J connectivity index is 0. The van der Waals surface area contributed by atoms with Gasteiger partial charge in [0.1, 0.15) is 0 Å². The van der Waals surface area contributed by atoms with Crippen LogP contribution in [0.5, 0.6) is 0 Å². The van der Waals surface area contributed by atoms with E-state index in [-0.39, 0.29) is 45.0 Å². The molecule has 0 atom stereocenters. The van der Waals surface area contributed by atoms with Gasteiger partial charge in [0, 0.05) is 0 Å². The second kappa shape index (κ2) is 164. The molecule has 0 aromatic rings. The third kappa shape index (κ3) is 85.8. The Morgan fingerprint density at radius 1 is 0.400 bits per heavy atom. The first kappa shape index (κ1) is 326. The third-order valence-corrected chi connectivity index (χ3v) is 0. The summed E-state index contributed by atoms with van der Waals surface area (Å²) in [5.41, 5.74) is 0. The molecule has 0 aromatic heterocycles. The average Bonchev–Trinajstić information content (AvgIpc) is 0. The van der Waals surface area contributed by atoms with Gasteiger partial charge in [-0.3, -0.25) is 18.8 Å². The Morgan fingerprint density at radius 3 is 0.400 bits per heavy atom. The summed E-state index contributed by atoms with van der Waals surface area (Å²) in [6, 6.07) is 0. The molecule has 0 fully saturated rings. The van der Waals surface area contributed by atoms with Crippen molar-refractivity contribution < 1.29 is 18.8 Å². The number of hydrogen-bond acceptors (Lipinski definition) is 0. The standard InChI is InChI=1S/Bi.4FH.3H/h;4*1H;;;. The summed E-state index contributed by atoms with van der Waals surface area (Å²) in [6.07, 6.45) is 0. The van der Waals surface area contributed by atoms with E-state index >= 15 is 0 Å². The zero-order valence-electron chi connectivity index (χ0n) is 2.34. The van der Waals surface area contributed by atoms with Crippen LogP contribution in [0.1, 0.15) is 0 Å². The van der Waals surface area contributed by atoms with Gasteiger partial charge in [0.05, 0.1) is 0 Å². The molecule has 5 heteroatoms. The molecular weight excluding hydrogens is 285 g/mol. The van der Waals surface area contributed by atoms with E-state index in [9.17, 15) is 0 Å². The summed E-state index contributed by atoms with van der Waals surface area (Å²) in [5.74, 6) is 0. The Kier molecular flexibility index (Phi) is 10700. The van der Waals surface area contributed by atoms with Gasteiger partial charge in [-0.25, -0.2) is 0 Å². The Labute approximate surface area is 45.5 Å². The molecule has 0 rings (SSSR count). The van der Waals surface area contributed by atoms with Gasteiger partial charge in [-0.1, -0.05) is 0 Å². The Bertz CT molecular complexity index is 3.61. The van der Waals surface area contributed by atoms with Crippen molar-refractivity contribution in [3.8, 4) is 0 Å². The third-order valence-electron chi connectivity index (χ3n) is 0. The van der Waals surface area contributed by atoms with E-state index in [0.29, 0.717) is 0 Å². The second-order valence-corrected chi connectivity index (χ2v) is 0. The maximum absolute atomic E-state index is 0. The van der Waals surface area contributed by atoms with Crippen molar-refractivity contribution in [2.75, 3.05) is 0 Å². The van der Waals surface area contributed by atoms with Crippen molar-refractivity contribution in [1.29, 1.82) is 0 Å². The monoisotopic (exact) mass is 292 g/mol. The average molecular weight is 292 g/mol. The van der Waals surface area contributed by atoms with Crippen LogP contribution in [-0.4, -0.2) is 26.2 Å². The van der Waals surface area contributed by atoms with Crippen LogP contribution >= 0.6 is 0 Å². The van der Waals surface area contributed by atoms with Crippen molar-refractivity contribution in [2.45, 2.75) is 0 Å². The van der Waals surface area contributed by atoms with Gasteiger partial charge >= 0.3 is 26.2 Å². The summed E-state index contributed by atoms with van der Waals surface area (Å²) in [5, 5.41) is 0. The molecule has 0 aromatic carbocycles. The van der Waals surface area contributed by atoms with E-state index in [2.05, 4.69) is 0 Å². The van der Waals surface area contributed by atoms with E-state index in [1.54, 1.807) is 0 Å². The molecule has 5 heavy (non-hydrogen) atoms. The van der Waals surface area contributed by atoms with Crippen LogP contribution in [0.4, 0.5) is 18.8 Å². The van der Waals surface area contributed by atoms with Crippen molar-refractivity contribution in [1.82, 2.24) is 0 Å². The van der Waals surface area contributed by atoms with Crippen LogP contribution in [0.3, 0.4) is 0 Å². The molecule has 0 aliphatic rings. The molecule has 0 saturated carbocycles. The van der Waals surface area contributed by atoms with Gasteiger partial charge in [-0.2, -0.15) is 0 Å². The van der Waals surface area contributed by atoms with Crippen molar-refractivity contribution in [3.05, 3.63) is 0 Å². The molecular formula is H7BiF4. The topological polar surface area (TPSA) is 0 Å². The first-order valence-corrected chi connectivity index (χ1v) is 0. The molecule has 0 unspecified atom stereocenters. The van der Waals surface area contributed by atoms with Gasteiger partial charge in [-0.05, 0) is 0 Å². The fourth-order valence-electron chi connectivity index (χ4n) is 0. The van der Waals surface area contributed by atoms with Crippen LogP contribution in [0, 0.1) is 0 Å². The minimum atomic E-state index is 0. The van der Waals surface area contributed by atoms with Crippen molar-refractivity contribution in [2.24, 2.45) is 0 Å². The van der Waals surface area contributed by atoms with Gasteiger partial charge < -0.3 is 0 Å². The summed E-state index contributed by atoms with van der Waals surface area (Å²) in [6.45, 7) is 0. The zero-order chi connectivity index (χ0) is 0. The van der Waals surface area contributed by atoms with E-state index < -0.39 is 0 Å². The summed E-state index contributed by atoms with van der Waals surface area (Å²) >= 11 is 0. The van der Waals surface area contributed by atoms with Gasteiger partial charge in [0.15, 0.2) is 0 Å². The van der Waals surface area contributed by atoms with Crippen molar-refractivity contribution in [3.63, 3.8) is 0 Å². The van der Waals surface area contributed by atoms with Crippen LogP contribution in [0.25, 0.3) is 0 Å². The molecule has 0 radical (unpaired) electrons. The van der Waals surface area contributed by atoms with Crippen molar-refractivity contribution >= 4 is 26.2 Å². The van der Waals surface area contributed by atoms with Gasteiger partial charge in [0.25, 0.3) is 0 Å². The quantitative estimate of drug-likeness (QED) is 0.414. The number of rotatable bonds is 0. The SMILES string of the molecule is F.F.F.F.[BiH3]. The van der Waals surface area contributed by atoms with E-state index in [0.717, 1.165) is 0 Å². The zero-order valence-corrected chi connectivity index (χ0v) is 7.84. The first-order chi connectivity index (χ1) is 0. The summed E-state index contributed by atoms with van der Waals surface area (Å²) < 4.78 is 0. The molecule has 0 aliphatic heterocycles. The second-order valence-electron chi connectivity index (χ2n) is 0. The van der Waals surface area contributed by atoms with Crippen LogP contribution in [0.15, 0.2) is 0 Å². The fraction of sp³-hybridized carbons (Fsp3) is 0. The molecule has 0 saturated heterocycles. The molecule has 0 amide bonds. The number of halogens is 4. The molecule has 0 bridgehead atoms. The molecule has 40 valence electrons. The normalized spacial score (nSPS) is 0. The van der Waals surface area contributed by atoms with Gasteiger partial charge in [-0.15, -0.1) is 0 Å². The molecule has 0 nitrogen and oxygen atoms in total. The molecule has 0 spiro atoms. The van der Waals surface area contributed by atoms with E-state index in [4.69, 9.17) is 0 Å². The fourth-order valence-corrected chi connectivity index (χ4v) is 0.